The summed E-state index contributed by atoms with van der Waals surface area (Å²) < 4.78 is 11.0. The third kappa shape index (κ3) is 4.97. The number of fused-ring (bicyclic) bond motifs is 1. The number of hydrogen-bond donors (Lipinski definition) is 1. The van der Waals surface area contributed by atoms with E-state index in [2.05, 4.69) is 46.2 Å². The summed E-state index contributed by atoms with van der Waals surface area (Å²) in [5, 5.41) is 10.3. The number of ether oxygens (including phenoxy) is 2. The molecule has 2 aromatic rings. The molecule has 3 saturated heterocycles. The van der Waals surface area contributed by atoms with Crippen LogP contribution in [0.5, 0.6) is 5.75 Å². The maximum Gasteiger partial charge on any atom is 0.119 e. The maximum absolute atomic E-state index is 10.3. The molecule has 2 aromatic carbocycles. The van der Waals surface area contributed by atoms with Crippen LogP contribution in [-0.4, -0.2) is 80.1 Å². The second-order valence-corrected chi connectivity index (χ2v) is 9.96. The SMILES string of the molecule is COc1cccc(-c2ccc([C@H]3[C@H]4CN(CC5CCOCC5)CCCCN4[C@H]3CO)cc2)c1. The largest absolute Gasteiger partial charge is 0.497 e. The van der Waals surface area contributed by atoms with Gasteiger partial charge >= 0.3 is 0 Å². The molecule has 3 heterocycles. The van der Waals surface area contributed by atoms with Gasteiger partial charge in [0, 0.05) is 44.3 Å². The highest BCUT2D eigenvalue weighted by Crippen LogP contribution is 2.42. The fourth-order valence-electron chi connectivity index (χ4n) is 6.17. The summed E-state index contributed by atoms with van der Waals surface area (Å²) >= 11 is 0. The molecule has 0 unspecified atom stereocenters. The molecule has 1 N–H and O–H groups in total. The molecule has 3 aliphatic rings. The van der Waals surface area contributed by atoms with Crippen molar-refractivity contribution in [1.82, 2.24) is 9.80 Å². The van der Waals surface area contributed by atoms with E-state index < -0.39 is 0 Å². The zero-order valence-electron chi connectivity index (χ0n) is 19.9. The molecule has 178 valence electrons. The van der Waals surface area contributed by atoms with Crippen molar-refractivity contribution in [2.45, 2.75) is 43.7 Å². The third-order valence-corrected chi connectivity index (χ3v) is 8.01. The van der Waals surface area contributed by atoms with Gasteiger partial charge in [0.2, 0.25) is 0 Å². The molecule has 0 saturated carbocycles. The van der Waals surface area contributed by atoms with E-state index in [0.29, 0.717) is 12.0 Å². The Hall–Kier alpha value is -1.92. The van der Waals surface area contributed by atoms with Gasteiger partial charge in [0.25, 0.3) is 0 Å². The Morgan fingerprint density at radius 1 is 1.00 bits per heavy atom. The van der Waals surface area contributed by atoms with E-state index in [4.69, 9.17) is 9.47 Å². The van der Waals surface area contributed by atoms with E-state index in [0.717, 1.165) is 38.0 Å². The first-order chi connectivity index (χ1) is 16.3. The Morgan fingerprint density at radius 2 is 1.79 bits per heavy atom. The molecule has 5 rings (SSSR count). The van der Waals surface area contributed by atoms with Crippen molar-refractivity contribution in [3.63, 3.8) is 0 Å². The lowest BCUT2D eigenvalue weighted by Gasteiger charge is -2.57. The number of nitrogens with zero attached hydrogens (tertiary/aromatic N) is 2. The van der Waals surface area contributed by atoms with Crippen molar-refractivity contribution >= 4 is 0 Å². The van der Waals surface area contributed by atoms with Gasteiger partial charge in [0.15, 0.2) is 0 Å². The summed E-state index contributed by atoms with van der Waals surface area (Å²) in [5.74, 6) is 2.04. The van der Waals surface area contributed by atoms with Crippen LogP contribution in [0.1, 0.15) is 37.2 Å². The van der Waals surface area contributed by atoms with Crippen molar-refractivity contribution in [2.24, 2.45) is 5.92 Å². The molecule has 5 heteroatoms. The lowest BCUT2D eigenvalue weighted by molar-refractivity contribution is -0.0677. The Balaban J connectivity index is 1.32. The number of aliphatic hydroxyl groups excluding tert-OH is 1. The third-order valence-electron chi connectivity index (χ3n) is 8.01. The first kappa shape index (κ1) is 22.9. The van der Waals surface area contributed by atoms with Gasteiger partial charge in [-0.25, -0.2) is 0 Å². The molecule has 3 aliphatic heterocycles. The normalized spacial score (nSPS) is 27.3. The van der Waals surface area contributed by atoms with Crippen LogP contribution in [0.3, 0.4) is 0 Å². The minimum Gasteiger partial charge on any atom is -0.497 e. The van der Waals surface area contributed by atoms with E-state index in [1.54, 1.807) is 7.11 Å². The zero-order chi connectivity index (χ0) is 22.6. The number of hydrogen-bond acceptors (Lipinski definition) is 5. The Bertz CT molecular complexity index is 896. The maximum atomic E-state index is 10.3. The molecule has 3 atom stereocenters. The molecule has 0 aromatic heterocycles. The minimum atomic E-state index is 0.235. The standard InChI is InChI=1S/C28H38N2O3/c1-32-25-6-4-5-24(17-25)22-7-9-23(10-8-22)28-26-19-29(18-21-11-15-33-16-12-21)13-2-3-14-30(26)27(28)20-31/h4-10,17,21,26-28,31H,2-3,11-16,18-20H2,1H3/t26-,27+,28+/m1/s1. The number of methoxy groups -OCH3 is 1. The topological polar surface area (TPSA) is 45.2 Å². The summed E-state index contributed by atoms with van der Waals surface area (Å²) in [4.78, 5) is 5.29. The summed E-state index contributed by atoms with van der Waals surface area (Å²) in [6, 6.07) is 18.0. The Kier molecular flexibility index (Phi) is 7.31. The van der Waals surface area contributed by atoms with Crippen molar-refractivity contribution in [1.29, 1.82) is 0 Å². The van der Waals surface area contributed by atoms with Gasteiger partial charge in [-0.05, 0) is 73.5 Å². The van der Waals surface area contributed by atoms with Crippen molar-refractivity contribution in [3.8, 4) is 16.9 Å². The van der Waals surface area contributed by atoms with Gasteiger partial charge in [-0.3, -0.25) is 4.90 Å². The lowest BCUT2D eigenvalue weighted by Crippen LogP contribution is -2.67. The monoisotopic (exact) mass is 450 g/mol. The highest BCUT2D eigenvalue weighted by Gasteiger charge is 2.49. The number of benzene rings is 2. The van der Waals surface area contributed by atoms with E-state index in [1.165, 1.54) is 55.5 Å². The fraction of sp³-hybridized carbons (Fsp3) is 0.571. The first-order valence-electron chi connectivity index (χ1n) is 12.7. The van der Waals surface area contributed by atoms with Gasteiger partial charge in [-0.1, -0.05) is 36.4 Å². The van der Waals surface area contributed by atoms with Gasteiger partial charge in [0.05, 0.1) is 13.7 Å². The van der Waals surface area contributed by atoms with Crippen molar-refractivity contribution in [2.75, 3.05) is 53.1 Å². The number of rotatable bonds is 6. The second-order valence-electron chi connectivity index (χ2n) is 9.96. The molecule has 0 aliphatic carbocycles. The van der Waals surface area contributed by atoms with Crippen LogP contribution in [0.25, 0.3) is 11.1 Å². The van der Waals surface area contributed by atoms with Crippen LogP contribution in [-0.2, 0) is 4.74 Å². The predicted octanol–water partition coefficient (Wildman–Crippen LogP) is 4.01. The summed E-state index contributed by atoms with van der Waals surface area (Å²) in [5.41, 5.74) is 3.73. The quantitative estimate of drug-likeness (QED) is 0.720. The van der Waals surface area contributed by atoms with Crippen LogP contribution in [0.2, 0.25) is 0 Å². The average molecular weight is 451 g/mol. The lowest BCUT2D eigenvalue weighted by atomic mass is 9.74. The molecule has 0 amide bonds. The molecule has 5 nitrogen and oxygen atoms in total. The predicted molar refractivity (Wildman–Crippen MR) is 132 cm³/mol. The highest BCUT2D eigenvalue weighted by atomic mass is 16.5. The summed E-state index contributed by atoms with van der Waals surface area (Å²) in [6.07, 6.45) is 4.86. The van der Waals surface area contributed by atoms with Gasteiger partial charge < -0.3 is 19.5 Å². The van der Waals surface area contributed by atoms with Crippen LogP contribution in [0.4, 0.5) is 0 Å². The van der Waals surface area contributed by atoms with Crippen molar-refractivity contribution < 1.29 is 14.6 Å². The van der Waals surface area contributed by atoms with Crippen LogP contribution < -0.4 is 4.74 Å². The zero-order valence-corrected chi connectivity index (χ0v) is 19.9. The molecule has 0 spiro atoms. The Labute approximate surface area is 198 Å². The van der Waals surface area contributed by atoms with E-state index in [9.17, 15) is 5.11 Å². The smallest absolute Gasteiger partial charge is 0.119 e. The Morgan fingerprint density at radius 3 is 2.55 bits per heavy atom. The van der Waals surface area contributed by atoms with E-state index in [-0.39, 0.29) is 12.6 Å². The summed E-state index contributed by atoms with van der Waals surface area (Å²) in [6.45, 7) is 6.69. The molecule has 0 bridgehead atoms. The molecule has 33 heavy (non-hydrogen) atoms. The average Bonchev–Trinajstić information content (AvgIpc) is 2.85. The summed E-state index contributed by atoms with van der Waals surface area (Å²) in [7, 11) is 1.71. The molecular weight excluding hydrogens is 412 g/mol. The van der Waals surface area contributed by atoms with Gasteiger partial charge in [0.1, 0.15) is 5.75 Å². The highest BCUT2D eigenvalue weighted by molar-refractivity contribution is 5.65. The van der Waals surface area contributed by atoms with Crippen LogP contribution in [0.15, 0.2) is 48.5 Å². The van der Waals surface area contributed by atoms with Crippen molar-refractivity contribution in [3.05, 3.63) is 54.1 Å². The van der Waals surface area contributed by atoms with Gasteiger partial charge in [-0.15, -0.1) is 0 Å². The fourth-order valence-corrected chi connectivity index (χ4v) is 6.17. The van der Waals surface area contributed by atoms with E-state index in [1.807, 2.05) is 12.1 Å². The molecule has 0 radical (unpaired) electrons. The van der Waals surface area contributed by atoms with Crippen LogP contribution >= 0.6 is 0 Å². The first-order valence-corrected chi connectivity index (χ1v) is 12.7. The molecular formula is C28H38N2O3. The second kappa shape index (κ2) is 10.6. The molecule has 3 fully saturated rings. The number of aliphatic hydroxyl groups is 1. The van der Waals surface area contributed by atoms with Gasteiger partial charge in [-0.2, -0.15) is 0 Å². The van der Waals surface area contributed by atoms with Crippen LogP contribution in [0, 0.1) is 5.92 Å². The minimum absolute atomic E-state index is 0.235. The van der Waals surface area contributed by atoms with E-state index >= 15 is 0 Å².